The summed E-state index contributed by atoms with van der Waals surface area (Å²) in [5, 5.41) is 9.39. The maximum absolute atomic E-state index is 12.0. The molecular weight excluding hydrogens is 402 g/mol. The third-order valence-corrected chi connectivity index (χ3v) is 7.22. The van der Waals surface area contributed by atoms with E-state index >= 15 is 0 Å². The zero-order valence-corrected chi connectivity index (χ0v) is 19.0. The molecule has 6 nitrogen and oxygen atoms in total. The molecule has 1 aliphatic carbocycles. The smallest absolute Gasteiger partial charge is 0.322 e. The molecule has 0 unspecified atom stereocenters. The van der Waals surface area contributed by atoms with Crippen molar-refractivity contribution in [2.24, 2.45) is 5.92 Å². The van der Waals surface area contributed by atoms with Crippen molar-refractivity contribution in [1.82, 2.24) is 4.72 Å². The number of ether oxygens (including phenoxy) is 1. The van der Waals surface area contributed by atoms with E-state index in [9.17, 15) is 18.3 Å². The van der Waals surface area contributed by atoms with Crippen molar-refractivity contribution in [3.8, 4) is 5.75 Å². The van der Waals surface area contributed by atoms with Gasteiger partial charge in [0.05, 0.1) is 12.4 Å². The number of nitrogens with one attached hydrogen (secondary N) is 1. The molecule has 2 N–H and O–H groups in total. The summed E-state index contributed by atoms with van der Waals surface area (Å²) in [6.07, 6.45) is 11.8. The van der Waals surface area contributed by atoms with E-state index in [1.165, 1.54) is 44.9 Å². The molecule has 0 amide bonds. The number of hydrogen-bond donors (Lipinski definition) is 2. The van der Waals surface area contributed by atoms with Crippen LogP contribution in [0.25, 0.3) is 0 Å². The molecular formula is C23H37NO5S. The Morgan fingerprint density at radius 2 is 1.83 bits per heavy atom. The van der Waals surface area contributed by atoms with E-state index in [0.717, 1.165) is 30.1 Å². The van der Waals surface area contributed by atoms with Gasteiger partial charge in [-0.3, -0.25) is 4.79 Å². The third kappa shape index (κ3) is 9.47. The Morgan fingerprint density at radius 1 is 1.13 bits per heavy atom. The van der Waals surface area contributed by atoms with Crippen LogP contribution in [0.2, 0.25) is 0 Å². The number of carboxylic acid groups (broad SMARTS) is 1. The molecule has 1 fully saturated rings. The third-order valence-electron chi connectivity index (χ3n) is 5.75. The zero-order valence-electron chi connectivity index (χ0n) is 18.1. The molecule has 0 spiro atoms. The number of unbranched alkanes of at least 4 members (excludes halogenated alkanes) is 2. The normalized spacial score (nSPS) is 16.3. The first-order valence-corrected chi connectivity index (χ1v) is 13.0. The highest BCUT2D eigenvalue weighted by atomic mass is 32.2. The van der Waals surface area contributed by atoms with Crippen LogP contribution in [0.1, 0.15) is 76.7 Å². The molecule has 0 saturated heterocycles. The average Bonchev–Trinajstić information content (AvgIpc) is 2.73. The van der Waals surface area contributed by atoms with Gasteiger partial charge in [0.2, 0.25) is 10.0 Å². The van der Waals surface area contributed by atoms with Gasteiger partial charge in [0, 0.05) is 0 Å². The van der Waals surface area contributed by atoms with E-state index in [0.29, 0.717) is 13.0 Å². The van der Waals surface area contributed by atoms with E-state index in [1.54, 1.807) is 12.1 Å². The Hall–Kier alpha value is -1.60. The van der Waals surface area contributed by atoms with Crippen LogP contribution in [0.5, 0.6) is 5.75 Å². The number of benzene rings is 1. The second kappa shape index (κ2) is 13.0. The first-order valence-electron chi connectivity index (χ1n) is 11.3. The van der Waals surface area contributed by atoms with Gasteiger partial charge in [-0.2, -0.15) is 0 Å². The number of carboxylic acids is 1. The van der Waals surface area contributed by atoms with Crippen LogP contribution in [0.3, 0.4) is 0 Å². The molecule has 1 aliphatic rings. The Bertz CT molecular complexity index is 726. The largest absolute Gasteiger partial charge is 0.494 e. The summed E-state index contributed by atoms with van der Waals surface area (Å²) in [6, 6.07) is 6.07. The highest BCUT2D eigenvalue weighted by molar-refractivity contribution is 7.89. The maximum Gasteiger partial charge on any atom is 0.322 e. The fraction of sp³-hybridized carbons (Fsp3) is 0.696. The van der Waals surface area contributed by atoms with E-state index in [2.05, 4.69) is 4.72 Å². The van der Waals surface area contributed by atoms with Gasteiger partial charge in [0.15, 0.2) is 0 Å². The molecule has 1 atom stereocenters. The van der Waals surface area contributed by atoms with Crippen molar-refractivity contribution in [3.05, 3.63) is 29.8 Å². The quantitative estimate of drug-likeness (QED) is 0.415. The number of sulfonamides is 1. The lowest BCUT2D eigenvalue weighted by molar-refractivity contribution is -0.138. The summed E-state index contributed by atoms with van der Waals surface area (Å²) >= 11 is 0. The first-order chi connectivity index (χ1) is 14.4. The van der Waals surface area contributed by atoms with Crippen LogP contribution in [0.4, 0.5) is 0 Å². The van der Waals surface area contributed by atoms with Gasteiger partial charge < -0.3 is 9.84 Å². The van der Waals surface area contributed by atoms with Crippen molar-refractivity contribution >= 4 is 16.0 Å². The van der Waals surface area contributed by atoms with Gasteiger partial charge in [-0.25, -0.2) is 13.1 Å². The van der Waals surface area contributed by atoms with Crippen LogP contribution >= 0.6 is 0 Å². The molecule has 0 heterocycles. The van der Waals surface area contributed by atoms with Crippen molar-refractivity contribution in [3.63, 3.8) is 0 Å². The SMILES string of the molecule is CCCCS(=O)(=O)N[C@@H](Cc1ccc(OCCCCC2CCCCC2)cc1)C(=O)O. The van der Waals surface area contributed by atoms with Gasteiger partial charge in [-0.15, -0.1) is 0 Å². The lowest BCUT2D eigenvalue weighted by Crippen LogP contribution is -2.43. The fourth-order valence-electron chi connectivity index (χ4n) is 3.95. The Labute approximate surface area is 181 Å². The summed E-state index contributed by atoms with van der Waals surface area (Å²) < 4.78 is 32.2. The van der Waals surface area contributed by atoms with Crippen molar-refractivity contribution in [1.29, 1.82) is 0 Å². The highest BCUT2D eigenvalue weighted by Gasteiger charge is 2.24. The van der Waals surface area contributed by atoms with Crippen LogP contribution in [0.15, 0.2) is 24.3 Å². The van der Waals surface area contributed by atoms with Crippen LogP contribution < -0.4 is 9.46 Å². The molecule has 1 aromatic carbocycles. The Kier molecular flexibility index (Phi) is 10.6. The summed E-state index contributed by atoms with van der Waals surface area (Å²) in [5.74, 6) is 0.431. The summed E-state index contributed by atoms with van der Waals surface area (Å²) in [4.78, 5) is 11.5. The lowest BCUT2D eigenvalue weighted by Gasteiger charge is -2.21. The van der Waals surface area contributed by atoms with Crippen LogP contribution in [-0.2, 0) is 21.2 Å². The second-order valence-corrected chi connectivity index (χ2v) is 10.3. The van der Waals surface area contributed by atoms with E-state index in [1.807, 2.05) is 19.1 Å². The van der Waals surface area contributed by atoms with Gasteiger partial charge in [-0.05, 0) is 49.3 Å². The highest BCUT2D eigenvalue weighted by Crippen LogP contribution is 2.27. The second-order valence-electron chi connectivity index (χ2n) is 8.38. The Balaban J connectivity index is 1.74. The van der Waals surface area contributed by atoms with Crippen molar-refractivity contribution in [2.75, 3.05) is 12.4 Å². The molecule has 30 heavy (non-hydrogen) atoms. The average molecular weight is 440 g/mol. The first kappa shape index (κ1) is 24.7. The summed E-state index contributed by atoms with van der Waals surface area (Å²) in [7, 11) is -3.60. The standard InChI is InChI=1S/C23H37NO5S/c1-2-3-17-30(27,28)24-22(23(25)26)18-20-12-14-21(15-13-20)29-16-8-7-11-19-9-5-4-6-10-19/h12-15,19,22,24H,2-11,16-18H2,1H3,(H,25,26)/t22-/m0/s1. The van der Waals surface area contributed by atoms with Crippen LogP contribution in [-0.4, -0.2) is 37.9 Å². The number of aliphatic carboxylic acids is 1. The minimum Gasteiger partial charge on any atom is -0.494 e. The zero-order chi connectivity index (χ0) is 21.8. The predicted molar refractivity (Wildman–Crippen MR) is 119 cm³/mol. The number of carbonyl (C=O) groups is 1. The van der Waals surface area contributed by atoms with Gasteiger partial charge in [-0.1, -0.05) is 64.0 Å². The van der Waals surface area contributed by atoms with Crippen LogP contribution in [0, 0.1) is 5.92 Å². The molecule has 2 rings (SSSR count). The molecule has 0 aliphatic heterocycles. The summed E-state index contributed by atoms with van der Waals surface area (Å²) in [6.45, 7) is 2.58. The van der Waals surface area contributed by atoms with Crippen molar-refractivity contribution < 1.29 is 23.1 Å². The molecule has 0 bridgehead atoms. The molecule has 0 radical (unpaired) electrons. The molecule has 1 aromatic rings. The number of rotatable bonds is 14. The fourth-order valence-corrected chi connectivity index (χ4v) is 5.35. The van der Waals surface area contributed by atoms with E-state index in [4.69, 9.17) is 4.74 Å². The predicted octanol–water partition coefficient (Wildman–Crippen LogP) is 4.53. The number of hydrogen-bond acceptors (Lipinski definition) is 4. The van der Waals surface area contributed by atoms with Gasteiger partial charge in [0.25, 0.3) is 0 Å². The van der Waals surface area contributed by atoms with Gasteiger partial charge in [0.1, 0.15) is 11.8 Å². The topological polar surface area (TPSA) is 92.7 Å². The van der Waals surface area contributed by atoms with Gasteiger partial charge >= 0.3 is 5.97 Å². The van der Waals surface area contributed by atoms with E-state index < -0.39 is 22.0 Å². The molecule has 1 saturated carbocycles. The minimum atomic E-state index is -3.60. The minimum absolute atomic E-state index is 0.0548. The Morgan fingerprint density at radius 3 is 2.47 bits per heavy atom. The maximum atomic E-state index is 12.0. The molecule has 170 valence electrons. The monoisotopic (exact) mass is 439 g/mol. The molecule has 7 heteroatoms. The lowest BCUT2D eigenvalue weighted by atomic mass is 9.86. The van der Waals surface area contributed by atoms with Crippen molar-refractivity contribution in [2.45, 2.75) is 83.6 Å². The molecule has 0 aromatic heterocycles. The summed E-state index contributed by atoms with van der Waals surface area (Å²) in [5.41, 5.74) is 0.755. The van der Waals surface area contributed by atoms with E-state index in [-0.39, 0.29) is 12.2 Å².